The van der Waals surface area contributed by atoms with Gasteiger partial charge in [0, 0.05) is 31.6 Å². The number of piperidine rings is 1. The molecule has 0 saturated carbocycles. The van der Waals surface area contributed by atoms with E-state index in [-0.39, 0.29) is 6.61 Å². The molecule has 6 nitrogen and oxygen atoms in total. The summed E-state index contributed by atoms with van der Waals surface area (Å²) < 4.78 is 1.95. The Morgan fingerprint density at radius 2 is 1.76 bits per heavy atom. The number of fused-ring (bicyclic) bond motifs is 1. The molecule has 2 saturated heterocycles. The fraction of sp³-hybridized carbons (Fsp3) is 0.739. The van der Waals surface area contributed by atoms with Gasteiger partial charge in [-0.3, -0.25) is 9.58 Å². The first kappa shape index (κ1) is 20.6. The number of aromatic nitrogens is 3. The SMILES string of the molecule is Cn1nc(CCCN2CCCCC2CO)c2ccc(N3CCCCCCC3)nc21. The lowest BCUT2D eigenvalue weighted by atomic mass is 10.0. The third-order valence-corrected chi connectivity index (χ3v) is 6.75. The lowest BCUT2D eigenvalue weighted by Gasteiger charge is -2.34. The normalized spacial score (nSPS) is 22.0. The predicted molar refractivity (Wildman–Crippen MR) is 118 cm³/mol. The number of nitrogens with zero attached hydrogens (tertiary/aromatic N) is 5. The van der Waals surface area contributed by atoms with Gasteiger partial charge >= 0.3 is 0 Å². The van der Waals surface area contributed by atoms with Gasteiger partial charge < -0.3 is 10.0 Å². The molecule has 1 N–H and O–H groups in total. The van der Waals surface area contributed by atoms with E-state index in [1.165, 1.54) is 50.3 Å². The number of pyridine rings is 1. The third-order valence-electron chi connectivity index (χ3n) is 6.75. The van der Waals surface area contributed by atoms with E-state index in [2.05, 4.69) is 21.9 Å². The van der Waals surface area contributed by atoms with E-state index < -0.39 is 0 Å². The highest BCUT2D eigenvalue weighted by atomic mass is 16.3. The maximum Gasteiger partial charge on any atom is 0.160 e. The molecule has 4 rings (SSSR count). The van der Waals surface area contributed by atoms with Crippen LogP contribution in [0, 0.1) is 0 Å². The first-order chi connectivity index (χ1) is 14.3. The summed E-state index contributed by atoms with van der Waals surface area (Å²) in [6.07, 6.45) is 12.3. The van der Waals surface area contributed by atoms with E-state index in [1.807, 2.05) is 11.7 Å². The highest BCUT2D eigenvalue weighted by Gasteiger charge is 2.21. The molecule has 2 aliphatic heterocycles. The van der Waals surface area contributed by atoms with Gasteiger partial charge in [0.1, 0.15) is 5.82 Å². The van der Waals surface area contributed by atoms with Gasteiger partial charge in [-0.15, -0.1) is 0 Å². The largest absolute Gasteiger partial charge is 0.395 e. The van der Waals surface area contributed by atoms with Crippen molar-refractivity contribution in [3.8, 4) is 0 Å². The Labute approximate surface area is 174 Å². The summed E-state index contributed by atoms with van der Waals surface area (Å²) in [6.45, 7) is 4.68. The summed E-state index contributed by atoms with van der Waals surface area (Å²) in [6, 6.07) is 4.78. The van der Waals surface area contributed by atoms with Gasteiger partial charge in [0.2, 0.25) is 0 Å². The molecule has 0 aromatic carbocycles. The fourth-order valence-corrected chi connectivity index (χ4v) is 5.04. The molecule has 2 fully saturated rings. The number of aliphatic hydroxyl groups is 1. The van der Waals surface area contributed by atoms with Crippen LogP contribution in [0.3, 0.4) is 0 Å². The molecular weight excluding hydrogens is 362 g/mol. The van der Waals surface area contributed by atoms with Crippen molar-refractivity contribution in [3.63, 3.8) is 0 Å². The lowest BCUT2D eigenvalue weighted by molar-refractivity contribution is 0.0893. The topological polar surface area (TPSA) is 57.4 Å². The van der Waals surface area contributed by atoms with Gasteiger partial charge in [0.15, 0.2) is 5.65 Å². The molecule has 0 spiro atoms. The van der Waals surface area contributed by atoms with Gasteiger partial charge in [-0.05, 0) is 63.7 Å². The van der Waals surface area contributed by atoms with E-state index in [4.69, 9.17) is 10.1 Å². The van der Waals surface area contributed by atoms with E-state index in [9.17, 15) is 5.11 Å². The number of likely N-dealkylation sites (tertiary alicyclic amines) is 1. The highest BCUT2D eigenvalue weighted by Crippen LogP contribution is 2.24. The van der Waals surface area contributed by atoms with Crippen LogP contribution in [-0.4, -0.2) is 63.6 Å². The Morgan fingerprint density at radius 3 is 2.55 bits per heavy atom. The number of aryl methyl sites for hydroxylation is 2. The van der Waals surface area contributed by atoms with Gasteiger partial charge in [-0.25, -0.2) is 4.98 Å². The Bertz CT molecular complexity index is 781. The summed E-state index contributed by atoms with van der Waals surface area (Å²) in [5, 5.41) is 15.6. The van der Waals surface area contributed by atoms with Gasteiger partial charge in [-0.2, -0.15) is 5.10 Å². The second kappa shape index (κ2) is 9.90. The Balaban J connectivity index is 1.42. The monoisotopic (exact) mass is 399 g/mol. The van der Waals surface area contributed by atoms with Crippen molar-refractivity contribution in [3.05, 3.63) is 17.8 Å². The molecule has 29 heavy (non-hydrogen) atoms. The van der Waals surface area contributed by atoms with Crippen LogP contribution < -0.4 is 4.90 Å². The van der Waals surface area contributed by atoms with Crippen LogP contribution in [-0.2, 0) is 13.5 Å². The molecule has 1 atom stereocenters. The van der Waals surface area contributed by atoms with Crippen LogP contribution in [0.15, 0.2) is 12.1 Å². The number of aliphatic hydroxyl groups excluding tert-OH is 1. The van der Waals surface area contributed by atoms with Crippen molar-refractivity contribution < 1.29 is 5.11 Å². The summed E-state index contributed by atoms with van der Waals surface area (Å²) in [4.78, 5) is 9.92. The van der Waals surface area contributed by atoms with Crippen molar-refractivity contribution in [2.45, 2.75) is 70.3 Å². The number of hydrogen-bond acceptors (Lipinski definition) is 5. The van der Waals surface area contributed by atoms with Crippen LogP contribution >= 0.6 is 0 Å². The van der Waals surface area contributed by atoms with Crippen LogP contribution in [0.2, 0.25) is 0 Å². The van der Waals surface area contributed by atoms with Crippen LogP contribution in [0.5, 0.6) is 0 Å². The minimum atomic E-state index is 0.287. The first-order valence-corrected chi connectivity index (χ1v) is 11.7. The average molecular weight is 400 g/mol. The van der Waals surface area contributed by atoms with Crippen molar-refractivity contribution in [2.24, 2.45) is 7.05 Å². The number of rotatable bonds is 6. The predicted octanol–water partition coefficient (Wildman–Crippen LogP) is 3.52. The molecule has 160 valence electrons. The molecule has 0 aliphatic carbocycles. The van der Waals surface area contributed by atoms with E-state index in [0.717, 1.165) is 62.6 Å². The Kier molecular flexibility index (Phi) is 7.03. The minimum Gasteiger partial charge on any atom is -0.395 e. The van der Waals surface area contributed by atoms with Crippen molar-refractivity contribution in [1.29, 1.82) is 0 Å². The van der Waals surface area contributed by atoms with E-state index >= 15 is 0 Å². The minimum absolute atomic E-state index is 0.287. The zero-order valence-corrected chi connectivity index (χ0v) is 18.0. The zero-order chi connectivity index (χ0) is 20.1. The fourth-order valence-electron chi connectivity index (χ4n) is 5.04. The number of anilines is 1. The molecule has 0 radical (unpaired) electrons. The standard InChI is InChI=1S/C23H37N5O/c1-26-23-20(12-13-22(24-23)28-15-6-3-2-4-7-16-28)21(25-26)11-9-17-27-14-8-5-10-19(27)18-29/h12-13,19,29H,2-11,14-18H2,1H3. The number of hydrogen-bond donors (Lipinski definition) is 1. The Hall–Kier alpha value is -1.66. The van der Waals surface area contributed by atoms with E-state index in [1.54, 1.807) is 0 Å². The molecule has 2 aromatic heterocycles. The molecule has 0 amide bonds. The smallest absolute Gasteiger partial charge is 0.160 e. The maximum atomic E-state index is 9.62. The van der Waals surface area contributed by atoms with Gasteiger partial charge in [-0.1, -0.05) is 25.7 Å². The molecule has 6 heteroatoms. The van der Waals surface area contributed by atoms with Crippen molar-refractivity contribution >= 4 is 16.9 Å². The molecule has 0 bridgehead atoms. The molecule has 1 unspecified atom stereocenters. The quantitative estimate of drug-likeness (QED) is 0.805. The second-order valence-corrected chi connectivity index (χ2v) is 8.84. The van der Waals surface area contributed by atoms with Gasteiger partial charge in [0.05, 0.1) is 12.3 Å². The highest BCUT2D eigenvalue weighted by molar-refractivity contribution is 5.80. The molecule has 2 aliphatic rings. The summed E-state index contributed by atoms with van der Waals surface area (Å²) >= 11 is 0. The molecule has 4 heterocycles. The molecule has 2 aromatic rings. The van der Waals surface area contributed by atoms with Crippen molar-refractivity contribution in [1.82, 2.24) is 19.7 Å². The summed E-state index contributed by atoms with van der Waals surface area (Å²) in [5.41, 5.74) is 2.16. The maximum absolute atomic E-state index is 9.62. The second-order valence-electron chi connectivity index (χ2n) is 8.84. The van der Waals surface area contributed by atoms with Crippen LogP contribution in [0.25, 0.3) is 11.0 Å². The Morgan fingerprint density at radius 1 is 1.00 bits per heavy atom. The molecular formula is C23H37N5O. The van der Waals surface area contributed by atoms with Crippen LogP contribution in [0.4, 0.5) is 5.82 Å². The third kappa shape index (κ3) is 4.92. The first-order valence-electron chi connectivity index (χ1n) is 11.7. The van der Waals surface area contributed by atoms with E-state index in [0.29, 0.717) is 6.04 Å². The lowest BCUT2D eigenvalue weighted by Crippen LogP contribution is -2.42. The zero-order valence-electron chi connectivity index (χ0n) is 18.0. The summed E-state index contributed by atoms with van der Waals surface area (Å²) in [7, 11) is 2.02. The van der Waals surface area contributed by atoms with Crippen molar-refractivity contribution in [2.75, 3.05) is 37.7 Å². The summed E-state index contributed by atoms with van der Waals surface area (Å²) in [5.74, 6) is 1.10. The van der Waals surface area contributed by atoms with Gasteiger partial charge in [0.25, 0.3) is 0 Å². The van der Waals surface area contributed by atoms with Crippen LogP contribution in [0.1, 0.15) is 63.5 Å². The average Bonchev–Trinajstić information content (AvgIpc) is 3.03.